The average Bonchev–Trinajstić information content (AvgIpc) is 2.78. The van der Waals surface area contributed by atoms with Gasteiger partial charge in [0, 0.05) is 16.9 Å². The molecule has 0 aliphatic carbocycles. The lowest BCUT2D eigenvalue weighted by atomic mass is 10.3. The molecular formula is C10H11BrN4O2S. The van der Waals surface area contributed by atoms with Crippen LogP contribution in [0.3, 0.4) is 0 Å². The van der Waals surface area contributed by atoms with Gasteiger partial charge in [0.15, 0.2) is 0 Å². The highest BCUT2D eigenvalue weighted by atomic mass is 79.9. The summed E-state index contributed by atoms with van der Waals surface area (Å²) < 4.78 is 27.2. The summed E-state index contributed by atoms with van der Waals surface area (Å²) in [5.74, 6) is 0.536. The molecule has 0 amide bonds. The zero-order valence-corrected chi connectivity index (χ0v) is 11.6. The number of rotatable bonds is 4. The molecule has 0 aliphatic heterocycles. The Labute approximate surface area is 113 Å². The third-order valence-electron chi connectivity index (χ3n) is 2.25. The molecule has 2 aromatic rings. The third-order valence-corrected chi connectivity index (χ3v) is 4.21. The highest BCUT2D eigenvalue weighted by molar-refractivity contribution is 9.10. The topological polar surface area (TPSA) is 101 Å². The second-order valence-corrected chi connectivity index (χ2v) is 6.19. The van der Waals surface area contributed by atoms with Gasteiger partial charge in [-0.15, -0.1) is 0 Å². The van der Waals surface area contributed by atoms with Crippen LogP contribution in [0.5, 0.6) is 0 Å². The Balaban J connectivity index is 2.20. The fraction of sp³-hybridized carbons (Fsp3) is 0.100. The summed E-state index contributed by atoms with van der Waals surface area (Å²) in [4.78, 5) is 6.79. The van der Waals surface area contributed by atoms with Crippen LogP contribution in [0, 0.1) is 0 Å². The van der Waals surface area contributed by atoms with E-state index in [9.17, 15) is 8.42 Å². The summed E-state index contributed by atoms with van der Waals surface area (Å²) in [6.07, 6.45) is 3.18. The van der Waals surface area contributed by atoms with E-state index in [0.29, 0.717) is 5.82 Å². The number of nitrogens with two attached hydrogens (primary N) is 1. The van der Waals surface area contributed by atoms with Crippen molar-refractivity contribution < 1.29 is 8.42 Å². The van der Waals surface area contributed by atoms with E-state index in [2.05, 4.69) is 30.6 Å². The lowest BCUT2D eigenvalue weighted by Crippen LogP contribution is -2.24. The molecule has 0 saturated heterocycles. The van der Waals surface area contributed by atoms with E-state index >= 15 is 0 Å². The first kappa shape index (κ1) is 13.1. The van der Waals surface area contributed by atoms with E-state index in [1.165, 1.54) is 6.07 Å². The molecule has 0 saturated carbocycles. The van der Waals surface area contributed by atoms with E-state index in [-0.39, 0.29) is 17.1 Å². The Bertz CT molecular complexity index is 640. The minimum absolute atomic E-state index is 0.0530. The number of anilines is 1. The van der Waals surface area contributed by atoms with Gasteiger partial charge in [0.2, 0.25) is 10.0 Å². The van der Waals surface area contributed by atoms with Gasteiger partial charge in [-0.05, 0) is 18.2 Å². The number of imidazole rings is 1. The number of halogens is 1. The van der Waals surface area contributed by atoms with E-state index in [1.807, 2.05) is 0 Å². The normalized spacial score (nSPS) is 11.6. The molecule has 0 bridgehead atoms. The summed E-state index contributed by atoms with van der Waals surface area (Å²) in [6.45, 7) is 0.0881. The molecule has 0 aliphatic rings. The largest absolute Gasteiger partial charge is 0.398 e. The van der Waals surface area contributed by atoms with Crippen molar-refractivity contribution in [3.63, 3.8) is 0 Å². The van der Waals surface area contributed by atoms with Crippen molar-refractivity contribution in [2.75, 3.05) is 5.73 Å². The van der Waals surface area contributed by atoms with Crippen molar-refractivity contribution in [2.24, 2.45) is 0 Å². The van der Waals surface area contributed by atoms with Crippen LogP contribution in [-0.2, 0) is 16.6 Å². The van der Waals surface area contributed by atoms with Gasteiger partial charge in [-0.3, -0.25) is 0 Å². The van der Waals surface area contributed by atoms with Crippen LogP contribution in [0.2, 0.25) is 0 Å². The van der Waals surface area contributed by atoms with Crippen LogP contribution in [-0.4, -0.2) is 18.4 Å². The van der Waals surface area contributed by atoms with Crippen LogP contribution in [0.1, 0.15) is 5.82 Å². The summed E-state index contributed by atoms with van der Waals surface area (Å²) in [5, 5.41) is 0. The molecule has 0 atom stereocenters. The Morgan fingerprint density at radius 1 is 1.44 bits per heavy atom. The monoisotopic (exact) mass is 330 g/mol. The Kier molecular flexibility index (Phi) is 3.69. The minimum Gasteiger partial charge on any atom is -0.398 e. The smallest absolute Gasteiger partial charge is 0.243 e. The summed E-state index contributed by atoms with van der Waals surface area (Å²) in [6, 6.07) is 4.61. The molecular weight excluding hydrogens is 320 g/mol. The average molecular weight is 331 g/mol. The summed E-state index contributed by atoms with van der Waals surface area (Å²) >= 11 is 3.22. The third kappa shape index (κ3) is 2.89. The maximum absolute atomic E-state index is 12.0. The number of sulfonamides is 1. The zero-order chi connectivity index (χ0) is 13.2. The highest BCUT2D eigenvalue weighted by Crippen LogP contribution is 2.22. The van der Waals surface area contributed by atoms with Gasteiger partial charge >= 0.3 is 0 Å². The van der Waals surface area contributed by atoms with Crippen LogP contribution < -0.4 is 10.5 Å². The highest BCUT2D eigenvalue weighted by Gasteiger charge is 2.17. The van der Waals surface area contributed by atoms with Gasteiger partial charge in [-0.25, -0.2) is 18.1 Å². The van der Waals surface area contributed by atoms with Crippen molar-refractivity contribution in [2.45, 2.75) is 11.4 Å². The summed E-state index contributed by atoms with van der Waals surface area (Å²) in [5.41, 5.74) is 5.87. The van der Waals surface area contributed by atoms with E-state index in [0.717, 1.165) is 4.47 Å². The number of nitrogen functional groups attached to an aromatic ring is 1. The molecule has 2 rings (SSSR count). The summed E-state index contributed by atoms with van der Waals surface area (Å²) in [7, 11) is -3.64. The molecule has 1 aromatic carbocycles. The first-order valence-electron chi connectivity index (χ1n) is 5.02. The van der Waals surface area contributed by atoms with Gasteiger partial charge < -0.3 is 10.7 Å². The number of aromatic nitrogens is 2. The zero-order valence-electron chi connectivity index (χ0n) is 9.22. The molecule has 18 heavy (non-hydrogen) atoms. The van der Waals surface area contributed by atoms with Crippen molar-refractivity contribution >= 4 is 31.6 Å². The fourth-order valence-electron chi connectivity index (χ4n) is 1.40. The lowest BCUT2D eigenvalue weighted by Gasteiger charge is -2.08. The first-order chi connectivity index (χ1) is 8.49. The standard InChI is InChI=1S/C10H11BrN4O2S/c11-7-1-2-9(8(12)5-7)18(16,17)15-6-10-13-3-4-14-10/h1-5,15H,6,12H2,(H,13,14). The lowest BCUT2D eigenvalue weighted by molar-refractivity contribution is 0.580. The maximum Gasteiger partial charge on any atom is 0.243 e. The molecule has 0 fully saturated rings. The predicted molar refractivity (Wildman–Crippen MR) is 71.2 cm³/mol. The van der Waals surface area contributed by atoms with Gasteiger partial charge in [0.1, 0.15) is 10.7 Å². The van der Waals surface area contributed by atoms with Gasteiger partial charge in [-0.2, -0.15) is 0 Å². The number of nitrogens with zero attached hydrogens (tertiary/aromatic N) is 1. The molecule has 0 radical (unpaired) electrons. The first-order valence-corrected chi connectivity index (χ1v) is 7.29. The molecule has 4 N–H and O–H groups in total. The van der Waals surface area contributed by atoms with Gasteiger partial charge in [0.25, 0.3) is 0 Å². The molecule has 8 heteroatoms. The molecule has 0 spiro atoms. The maximum atomic E-state index is 12.0. The molecule has 0 unspecified atom stereocenters. The van der Waals surface area contributed by atoms with E-state index in [1.54, 1.807) is 24.5 Å². The quantitative estimate of drug-likeness (QED) is 0.734. The number of hydrogen-bond donors (Lipinski definition) is 3. The van der Waals surface area contributed by atoms with E-state index in [4.69, 9.17) is 5.73 Å². The van der Waals surface area contributed by atoms with Crippen molar-refractivity contribution in [3.05, 3.63) is 40.9 Å². The molecule has 1 heterocycles. The number of hydrogen-bond acceptors (Lipinski definition) is 4. The van der Waals surface area contributed by atoms with Crippen molar-refractivity contribution in [3.8, 4) is 0 Å². The van der Waals surface area contributed by atoms with Crippen LogP contribution in [0.15, 0.2) is 40.0 Å². The number of benzene rings is 1. The van der Waals surface area contributed by atoms with Gasteiger partial charge in [-0.1, -0.05) is 15.9 Å². The van der Waals surface area contributed by atoms with Crippen molar-refractivity contribution in [1.82, 2.24) is 14.7 Å². The van der Waals surface area contributed by atoms with Crippen molar-refractivity contribution in [1.29, 1.82) is 0 Å². The van der Waals surface area contributed by atoms with Crippen LogP contribution in [0.25, 0.3) is 0 Å². The molecule has 1 aromatic heterocycles. The fourth-order valence-corrected chi connectivity index (χ4v) is 2.88. The number of H-pyrrole nitrogens is 1. The molecule has 6 nitrogen and oxygen atoms in total. The number of nitrogens with one attached hydrogen (secondary N) is 2. The van der Waals surface area contributed by atoms with Gasteiger partial charge in [0.05, 0.1) is 12.2 Å². The van der Waals surface area contributed by atoms with Crippen LogP contribution >= 0.6 is 15.9 Å². The molecule has 96 valence electrons. The Morgan fingerprint density at radius 3 is 2.83 bits per heavy atom. The second kappa shape index (κ2) is 5.09. The number of aromatic amines is 1. The van der Waals surface area contributed by atoms with E-state index < -0.39 is 10.0 Å². The Hall–Kier alpha value is -1.38. The SMILES string of the molecule is Nc1cc(Br)ccc1S(=O)(=O)NCc1ncc[nH]1. The minimum atomic E-state index is -3.64. The second-order valence-electron chi connectivity index (χ2n) is 3.54. The Morgan fingerprint density at radius 2 is 2.22 bits per heavy atom. The predicted octanol–water partition coefficient (Wildman–Crippen LogP) is 1.23. The van der Waals surface area contributed by atoms with Crippen LogP contribution in [0.4, 0.5) is 5.69 Å².